The lowest BCUT2D eigenvalue weighted by atomic mass is 10.1. The fourth-order valence-electron chi connectivity index (χ4n) is 2.21. The molecule has 0 bridgehead atoms. The highest BCUT2D eigenvalue weighted by atomic mass is 35.5. The van der Waals surface area contributed by atoms with Crippen LogP contribution in [0.2, 0.25) is 5.02 Å². The molecule has 0 spiro atoms. The molecule has 2 heterocycles. The Morgan fingerprint density at radius 2 is 2.00 bits per heavy atom. The molecule has 0 aliphatic carbocycles. The van der Waals surface area contributed by atoms with Crippen LogP contribution in [0, 0.1) is 5.21 Å². The molecule has 0 aliphatic rings. The topological polar surface area (TPSA) is 48.9 Å². The van der Waals surface area contributed by atoms with E-state index in [1.807, 2.05) is 0 Å². The second-order valence-electron chi connectivity index (χ2n) is 5.33. The summed E-state index contributed by atoms with van der Waals surface area (Å²) < 4.78 is 3.16. The summed E-state index contributed by atoms with van der Waals surface area (Å²) in [6.45, 7) is 2.90. The fourth-order valence-corrected chi connectivity index (χ4v) is 4.68. The number of aromatic nitrogens is 2. The van der Waals surface area contributed by atoms with Gasteiger partial charge in [-0.3, -0.25) is 8.75 Å². The molecule has 0 fully saturated rings. The molecule has 0 unspecified atom stereocenters. The number of unbranched alkanes of at least 4 members (excludes halogenated alkanes) is 5. The third-order valence-electron chi connectivity index (χ3n) is 3.49. The molecule has 0 aliphatic heterocycles. The molecule has 0 saturated carbocycles. The van der Waals surface area contributed by atoms with Crippen LogP contribution in [0.25, 0.3) is 0 Å². The average Bonchev–Trinajstić information content (AvgIpc) is 2.81. The zero-order valence-electron chi connectivity index (χ0n) is 13.2. The highest BCUT2D eigenvalue weighted by Gasteiger charge is 2.17. The molecule has 0 aromatic carbocycles. The molecule has 0 amide bonds. The lowest BCUT2D eigenvalue weighted by Gasteiger charge is -2.02. The fraction of sp³-hybridized carbons (Fsp3) is 0.500. The highest BCUT2D eigenvalue weighted by molar-refractivity contribution is 8.01. The van der Waals surface area contributed by atoms with Crippen molar-refractivity contribution in [2.45, 2.75) is 61.2 Å². The van der Waals surface area contributed by atoms with Crippen LogP contribution in [0.15, 0.2) is 38.4 Å². The summed E-state index contributed by atoms with van der Waals surface area (Å²) in [6.07, 6.45) is 8.53. The summed E-state index contributed by atoms with van der Waals surface area (Å²) in [5, 5.41) is 12.4. The SMILES string of the molecule is CCCCCCCCn1sc(Sc2cccc[n+]2[O-])c(Cl)c1=O. The highest BCUT2D eigenvalue weighted by Crippen LogP contribution is 2.33. The van der Waals surface area contributed by atoms with Gasteiger partial charge in [0, 0.05) is 18.7 Å². The van der Waals surface area contributed by atoms with E-state index in [0.29, 0.717) is 15.8 Å². The van der Waals surface area contributed by atoms with E-state index in [1.54, 1.807) is 22.2 Å². The van der Waals surface area contributed by atoms with Crippen molar-refractivity contribution in [3.8, 4) is 0 Å². The third kappa shape index (κ3) is 5.26. The zero-order chi connectivity index (χ0) is 16.7. The van der Waals surface area contributed by atoms with Gasteiger partial charge in [0.15, 0.2) is 6.20 Å². The predicted molar refractivity (Wildman–Crippen MR) is 96.5 cm³/mol. The van der Waals surface area contributed by atoms with Gasteiger partial charge < -0.3 is 5.21 Å². The van der Waals surface area contributed by atoms with Crippen LogP contribution in [0.1, 0.15) is 45.4 Å². The first-order chi connectivity index (χ1) is 11.1. The molecule has 23 heavy (non-hydrogen) atoms. The van der Waals surface area contributed by atoms with Gasteiger partial charge in [-0.25, -0.2) is 0 Å². The maximum atomic E-state index is 12.2. The quantitative estimate of drug-likeness (QED) is 0.364. The largest absolute Gasteiger partial charge is 0.618 e. The Labute approximate surface area is 149 Å². The minimum Gasteiger partial charge on any atom is -0.618 e. The van der Waals surface area contributed by atoms with Gasteiger partial charge in [0.05, 0.1) is 0 Å². The minimum absolute atomic E-state index is 0.152. The van der Waals surface area contributed by atoms with Crippen LogP contribution in [-0.2, 0) is 6.54 Å². The number of hydrogen-bond donors (Lipinski definition) is 0. The number of rotatable bonds is 9. The molecule has 0 radical (unpaired) electrons. The van der Waals surface area contributed by atoms with Gasteiger partial charge in [-0.05, 0) is 35.8 Å². The van der Waals surface area contributed by atoms with Crippen LogP contribution < -0.4 is 10.3 Å². The molecule has 2 aromatic rings. The summed E-state index contributed by atoms with van der Waals surface area (Å²) in [7, 11) is 0. The maximum absolute atomic E-state index is 12.2. The predicted octanol–water partition coefficient (Wildman–Crippen LogP) is 4.71. The Kier molecular flexibility index (Phi) is 7.46. The van der Waals surface area contributed by atoms with E-state index in [1.165, 1.54) is 55.2 Å². The third-order valence-corrected chi connectivity index (χ3v) is 6.39. The smallest absolute Gasteiger partial charge is 0.280 e. The van der Waals surface area contributed by atoms with Gasteiger partial charge in [-0.1, -0.05) is 50.6 Å². The summed E-state index contributed by atoms with van der Waals surface area (Å²) in [6, 6.07) is 5.18. The first-order valence-corrected chi connectivity index (χ1v) is 9.86. The second kappa shape index (κ2) is 9.35. The van der Waals surface area contributed by atoms with Crippen molar-refractivity contribution in [1.82, 2.24) is 3.96 Å². The Hall–Kier alpha value is -0.980. The zero-order valence-corrected chi connectivity index (χ0v) is 15.6. The summed E-state index contributed by atoms with van der Waals surface area (Å²) in [4.78, 5) is 12.2. The number of halogens is 1. The lowest BCUT2D eigenvalue weighted by molar-refractivity contribution is -0.645. The van der Waals surface area contributed by atoms with Gasteiger partial charge in [-0.15, -0.1) is 0 Å². The molecule has 0 atom stereocenters. The molecule has 7 heteroatoms. The summed E-state index contributed by atoms with van der Waals surface area (Å²) >= 11 is 8.73. The van der Waals surface area contributed by atoms with Crippen LogP contribution in [0.3, 0.4) is 0 Å². The molecule has 4 nitrogen and oxygen atoms in total. The number of hydrogen-bond acceptors (Lipinski definition) is 4. The molecule has 2 rings (SSSR count). The number of nitrogens with zero attached hydrogens (tertiary/aromatic N) is 2. The lowest BCUT2D eigenvalue weighted by Crippen LogP contribution is -2.27. The second-order valence-corrected chi connectivity index (χ2v) is 8.03. The van der Waals surface area contributed by atoms with E-state index in [0.717, 1.165) is 17.6 Å². The summed E-state index contributed by atoms with van der Waals surface area (Å²) in [5.74, 6) is 0. The molecular weight excluding hydrogens is 352 g/mol. The average molecular weight is 373 g/mol. The van der Waals surface area contributed by atoms with E-state index < -0.39 is 0 Å². The molecule has 2 aromatic heterocycles. The van der Waals surface area contributed by atoms with E-state index >= 15 is 0 Å². The monoisotopic (exact) mass is 372 g/mol. The standard InChI is InChI=1S/C16H21ClN2O2S2/c1-2-3-4-5-6-8-12-19-15(20)14(17)16(23-19)22-13-10-7-9-11-18(13)21/h7,9-11H,2-6,8,12H2,1H3. The molecule has 126 valence electrons. The van der Waals surface area contributed by atoms with Crippen LogP contribution in [0.4, 0.5) is 0 Å². The van der Waals surface area contributed by atoms with Crippen LogP contribution in [0.5, 0.6) is 0 Å². The van der Waals surface area contributed by atoms with Crippen molar-refractivity contribution < 1.29 is 4.73 Å². The molecular formula is C16H21ClN2O2S2. The Morgan fingerprint density at radius 1 is 1.26 bits per heavy atom. The van der Waals surface area contributed by atoms with Gasteiger partial charge in [0.25, 0.3) is 10.6 Å². The normalized spacial score (nSPS) is 11.0. The van der Waals surface area contributed by atoms with Crippen LogP contribution >= 0.6 is 34.9 Å². The van der Waals surface area contributed by atoms with Crippen molar-refractivity contribution in [2.75, 3.05) is 0 Å². The molecule has 0 N–H and O–H groups in total. The Morgan fingerprint density at radius 3 is 2.74 bits per heavy atom. The Balaban J connectivity index is 1.96. The van der Waals surface area contributed by atoms with E-state index in [9.17, 15) is 10.0 Å². The van der Waals surface area contributed by atoms with Crippen molar-refractivity contribution in [3.63, 3.8) is 0 Å². The van der Waals surface area contributed by atoms with E-state index in [2.05, 4.69) is 6.92 Å². The van der Waals surface area contributed by atoms with Crippen molar-refractivity contribution >= 4 is 34.9 Å². The number of aryl methyl sites for hydroxylation is 1. The minimum atomic E-state index is -0.152. The van der Waals surface area contributed by atoms with Crippen molar-refractivity contribution in [3.05, 3.63) is 45.0 Å². The van der Waals surface area contributed by atoms with Crippen LogP contribution in [-0.4, -0.2) is 3.96 Å². The van der Waals surface area contributed by atoms with E-state index in [4.69, 9.17) is 11.6 Å². The van der Waals surface area contributed by atoms with Crippen molar-refractivity contribution in [1.29, 1.82) is 0 Å². The van der Waals surface area contributed by atoms with E-state index in [-0.39, 0.29) is 10.6 Å². The van der Waals surface area contributed by atoms with Gasteiger partial charge in [-0.2, -0.15) is 4.73 Å². The van der Waals surface area contributed by atoms with Gasteiger partial charge in [0.2, 0.25) is 0 Å². The van der Waals surface area contributed by atoms with Gasteiger partial charge >= 0.3 is 0 Å². The Bertz CT molecular complexity index is 685. The maximum Gasteiger partial charge on any atom is 0.280 e. The molecule has 0 saturated heterocycles. The van der Waals surface area contributed by atoms with Gasteiger partial charge in [0.1, 0.15) is 9.23 Å². The first-order valence-electron chi connectivity index (χ1n) is 7.89. The summed E-state index contributed by atoms with van der Waals surface area (Å²) in [5.41, 5.74) is -0.152. The van der Waals surface area contributed by atoms with Crippen molar-refractivity contribution in [2.24, 2.45) is 0 Å². The number of pyridine rings is 1. The first kappa shape index (κ1) is 18.4.